The molecule has 0 atom stereocenters. The minimum absolute atomic E-state index is 0.234. The van der Waals surface area contributed by atoms with Crippen LogP contribution in [-0.4, -0.2) is 48.5 Å². The van der Waals surface area contributed by atoms with Gasteiger partial charge < -0.3 is 19.5 Å². The molecule has 146 valence electrons. The number of nitrogens with zero attached hydrogens (tertiary/aromatic N) is 1. The van der Waals surface area contributed by atoms with Crippen molar-refractivity contribution in [3.05, 3.63) is 42.5 Å². The quantitative estimate of drug-likeness (QED) is 0.737. The molecule has 0 aliphatic heterocycles. The van der Waals surface area contributed by atoms with Gasteiger partial charge in [-0.25, -0.2) is 8.42 Å². The van der Waals surface area contributed by atoms with Crippen LogP contribution >= 0.6 is 0 Å². The molecular weight excluding hydrogens is 372 g/mol. The van der Waals surface area contributed by atoms with Crippen LogP contribution in [0, 0.1) is 0 Å². The largest absolute Gasteiger partial charge is 0.496 e. The minimum atomic E-state index is -3.39. The molecule has 0 unspecified atom stereocenters. The van der Waals surface area contributed by atoms with Gasteiger partial charge in [0.25, 0.3) is 5.91 Å². The molecule has 0 saturated heterocycles. The summed E-state index contributed by atoms with van der Waals surface area (Å²) in [6.45, 7) is -0.234. The SMILES string of the molecule is COc1cc(OC)cc(OCC(=O)Nc2cccc(N(C)S(C)(=O)=O)c2)c1. The Labute approximate surface area is 158 Å². The third-order valence-corrected chi connectivity index (χ3v) is 4.89. The van der Waals surface area contributed by atoms with Gasteiger partial charge in [-0.05, 0) is 18.2 Å². The van der Waals surface area contributed by atoms with Crippen molar-refractivity contribution in [3.8, 4) is 17.2 Å². The van der Waals surface area contributed by atoms with Crippen molar-refractivity contribution in [2.75, 3.05) is 43.8 Å². The highest BCUT2D eigenvalue weighted by molar-refractivity contribution is 7.92. The number of amides is 1. The van der Waals surface area contributed by atoms with Crippen LogP contribution in [0.5, 0.6) is 17.2 Å². The van der Waals surface area contributed by atoms with Gasteiger partial charge in [0, 0.05) is 30.9 Å². The summed E-state index contributed by atoms with van der Waals surface area (Å²) in [7, 11) is 1.09. The summed E-state index contributed by atoms with van der Waals surface area (Å²) in [4.78, 5) is 12.1. The van der Waals surface area contributed by atoms with Crippen LogP contribution in [0.4, 0.5) is 11.4 Å². The lowest BCUT2D eigenvalue weighted by Crippen LogP contribution is -2.25. The predicted octanol–water partition coefficient (Wildman–Crippen LogP) is 2.12. The maximum Gasteiger partial charge on any atom is 0.262 e. The molecule has 0 fully saturated rings. The van der Waals surface area contributed by atoms with Gasteiger partial charge in [0.1, 0.15) is 17.2 Å². The van der Waals surface area contributed by atoms with Crippen LogP contribution in [0.15, 0.2) is 42.5 Å². The highest BCUT2D eigenvalue weighted by Crippen LogP contribution is 2.27. The molecule has 0 heterocycles. The Morgan fingerprint density at radius 1 is 1.04 bits per heavy atom. The van der Waals surface area contributed by atoms with Gasteiger partial charge in [0.2, 0.25) is 10.0 Å². The van der Waals surface area contributed by atoms with E-state index in [-0.39, 0.29) is 6.61 Å². The molecule has 1 N–H and O–H groups in total. The number of carbonyl (C=O) groups excluding carboxylic acids is 1. The van der Waals surface area contributed by atoms with E-state index in [0.29, 0.717) is 28.6 Å². The fraction of sp³-hybridized carbons (Fsp3) is 0.278. The summed E-state index contributed by atoms with van der Waals surface area (Å²) in [6.07, 6.45) is 1.11. The summed E-state index contributed by atoms with van der Waals surface area (Å²) in [5, 5.41) is 2.67. The highest BCUT2D eigenvalue weighted by Gasteiger charge is 2.13. The number of methoxy groups -OCH3 is 2. The maximum absolute atomic E-state index is 12.1. The van der Waals surface area contributed by atoms with Crippen LogP contribution < -0.4 is 23.8 Å². The fourth-order valence-corrected chi connectivity index (χ4v) is 2.68. The fourth-order valence-electron chi connectivity index (χ4n) is 2.18. The molecule has 0 saturated carbocycles. The van der Waals surface area contributed by atoms with E-state index < -0.39 is 15.9 Å². The van der Waals surface area contributed by atoms with Crippen molar-refractivity contribution >= 4 is 27.3 Å². The number of ether oxygens (including phenoxy) is 3. The Morgan fingerprint density at radius 2 is 1.63 bits per heavy atom. The van der Waals surface area contributed by atoms with Gasteiger partial charge in [0.05, 0.1) is 26.2 Å². The first-order chi connectivity index (χ1) is 12.7. The lowest BCUT2D eigenvalue weighted by atomic mass is 10.2. The molecule has 0 aliphatic rings. The van der Waals surface area contributed by atoms with Gasteiger partial charge in [-0.3, -0.25) is 9.10 Å². The molecule has 0 aromatic heterocycles. The number of carbonyl (C=O) groups is 1. The molecular formula is C18H22N2O6S. The molecule has 0 spiro atoms. The van der Waals surface area contributed by atoms with Crippen LogP contribution in [0.2, 0.25) is 0 Å². The highest BCUT2D eigenvalue weighted by atomic mass is 32.2. The molecule has 2 rings (SSSR count). The van der Waals surface area contributed by atoms with E-state index in [1.54, 1.807) is 42.5 Å². The summed E-state index contributed by atoms with van der Waals surface area (Å²) >= 11 is 0. The second kappa shape index (κ2) is 8.63. The zero-order chi connectivity index (χ0) is 20.0. The molecule has 0 aliphatic carbocycles. The van der Waals surface area contributed by atoms with Crippen LogP contribution in [-0.2, 0) is 14.8 Å². The number of nitrogens with one attached hydrogen (secondary N) is 1. The Kier molecular flexibility index (Phi) is 6.51. The third kappa shape index (κ3) is 5.78. The minimum Gasteiger partial charge on any atom is -0.496 e. The number of hydrogen-bond donors (Lipinski definition) is 1. The molecule has 27 heavy (non-hydrogen) atoms. The van der Waals surface area contributed by atoms with Crippen molar-refractivity contribution in [3.63, 3.8) is 0 Å². The average Bonchev–Trinajstić information content (AvgIpc) is 2.64. The van der Waals surface area contributed by atoms with E-state index in [0.717, 1.165) is 10.6 Å². The van der Waals surface area contributed by atoms with Gasteiger partial charge >= 0.3 is 0 Å². The maximum atomic E-state index is 12.1. The second-order valence-corrected chi connectivity index (χ2v) is 7.68. The number of sulfonamides is 1. The zero-order valence-electron chi connectivity index (χ0n) is 15.6. The van der Waals surface area contributed by atoms with Gasteiger partial charge in [-0.1, -0.05) is 6.07 Å². The number of anilines is 2. The smallest absolute Gasteiger partial charge is 0.262 e. The normalized spacial score (nSPS) is 10.8. The van der Waals surface area contributed by atoms with Crippen molar-refractivity contribution in [1.29, 1.82) is 0 Å². The molecule has 1 amide bonds. The van der Waals surface area contributed by atoms with Crippen molar-refractivity contribution in [2.45, 2.75) is 0 Å². The van der Waals surface area contributed by atoms with E-state index in [1.165, 1.54) is 21.3 Å². The first-order valence-electron chi connectivity index (χ1n) is 7.92. The van der Waals surface area contributed by atoms with Crippen molar-refractivity contribution in [2.24, 2.45) is 0 Å². The Hall–Kier alpha value is -2.94. The summed E-state index contributed by atoms with van der Waals surface area (Å²) in [6, 6.07) is 11.5. The van der Waals surface area contributed by atoms with Gasteiger partial charge in [-0.2, -0.15) is 0 Å². The number of hydrogen-bond acceptors (Lipinski definition) is 6. The Morgan fingerprint density at radius 3 is 2.19 bits per heavy atom. The van der Waals surface area contributed by atoms with Crippen molar-refractivity contribution < 1.29 is 27.4 Å². The Balaban J connectivity index is 2.02. The van der Waals surface area contributed by atoms with Crippen LogP contribution in [0.1, 0.15) is 0 Å². The van der Waals surface area contributed by atoms with Crippen LogP contribution in [0.3, 0.4) is 0 Å². The van der Waals surface area contributed by atoms with E-state index >= 15 is 0 Å². The lowest BCUT2D eigenvalue weighted by Gasteiger charge is -2.17. The first kappa shape index (κ1) is 20.4. The van der Waals surface area contributed by atoms with E-state index in [4.69, 9.17) is 14.2 Å². The Bertz CT molecular complexity index is 892. The molecule has 2 aromatic carbocycles. The predicted molar refractivity (Wildman–Crippen MR) is 103 cm³/mol. The summed E-state index contributed by atoms with van der Waals surface area (Å²) in [5.41, 5.74) is 0.897. The topological polar surface area (TPSA) is 94.2 Å². The van der Waals surface area contributed by atoms with E-state index in [9.17, 15) is 13.2 Å². The molecule has 9 heteroatoms. The molecule has 0 radical (unpaired) electrons. The van der Waals surface area contributed by atoms with Crippen LogP contribution in [0.25, 0.3) is 0 Å². The van der Waals surface area contributed by atoms with Gasteiger partial charge in [-0.15, -0.1) is 0 Å². The molecule has 8 nitrogen and oxygen atoms in total. The average molecular weight is 394 g/mol. The number of benzene rings is 2. The van der Waals surface area contributed by atoms with E-state index in [2.05, 4.69) is 5.32 Å². The molecule has 0 bridgehead atoms. The van der Waals surface area contributed by atoms with E-state index in [1.807, 2.05) is 0 Å². The first-order valence-corrected chi connectivity index (χ1v) is 9.77. The standard InChI is InChI=1S/C18H22N2O6S/c1-20(27(4,22)23)14-7-5-6-13(8-14)19-18(21)12-26-17-10-15(24-2)9-16(11-17)25-3/h5-11H,12H2,1-4H3,(H,19,21). The zero-order valence-corrected chi connectivity index (χ0v) is 16.4. The second-order valence-electron chi connectivity index (χ2n) is 5.67. The molecule has 2 aromatic rings. The third-order valence-electron chi connectivity index (χ3n) is 3.69. The van der Waals surface area contributed by atoms with Gasteiger partial charge in [0.15, 0.2) is 6.61 Å². The van der Waals surface area contributed by atoms with Crippen molar-refractivity contribution in [1.82, 2.24) is 0 Å². The lowest BCUT2D eigenvalue weighted by molar-refractivity contribution is -0.118. The summed E-state index contributed by atoms with van der Waals surface area (Å²) in [5.74, 6) is 1.12. The number of rotatable bonds is 8. The monoisotopic (exact) mass is 394 g/mol. The summed E-state index contributed by atoms with van der Waals surface area (Å²) < 4.78 is 40.2.